The van der Waals surface area contributed by atoms with Crippen molar-refractivity contribution in [2.24, 2.45) is 0 Å². The summed E-state index contributed by atoms with van der Waals surface area (Å²) >= 11 is 0. The smallest absolute Gasteiger partial charge is 0.143 e. The maximum atomic E-state index is 6.43. The van der Waals surface area contributed by atoms with Crippen LogP contribution in [0.4, 0.5) is 17.1 Å². The number of anilines is 3. The molecule has 3 nitrogen and oxygen atoms in total. The Labute approximate surface area is 441 Å². The second-order valence-corrected chi connectivity index (χ2v) is 19.9. The van der Waals surface area contributed by atoms with E-state index in [0.29, 0.717) is 0 Å². The van der Waals surface area contributed by atoms with Gasteiger partial charge < -0.3 is 13.9 Å². The highest BCUT2D eigenvalue weighted by Crippen LogP contribution is 2.59. The maximum Gasteiger partial charge on any atom is 0.143 e. The Morgan fingerprint density at radius 2 is 0.816 bits per heavy atom. The molecule has 0 aliphatic heterocycles. The lowest BCUT2D eigenvalue weighted by Gasteiger charge is -2.34. The molecule has 0 bridgehead atoms. The van der Waals surface area contributed by atoms with E-state index in [1.807, 2.05) is 12.1 Å². The third-order valence-corrected chi connectivity index (χ3v) is 15.9. The third-order valence-electron chi connectivity index (χ3n) is 15.9. The predicted molar refractivity (Wildman–Crippen MR) is 316 cm³/mol. The number of nitrogens with zero attached hydrogens (tertiary/aromatic N) is 2. The van der Waals surface area contributed by atoms with Gasteiger partial charge in [-0.3, -0.25) is 0 Å². The summed E-state index contributed by atoms with van der Waals surface area (Å²) in [6, 6.07) is 106. The van der Waals surface area contributed by atoms with Crippen molar-refractivity contribution in [3.8, 4) is 50.2 Å². The zero-order valence-electron chi connectivity index (χ0n) is 41.5. The quantitative estimate of drug-likeness (QED) is 0.144. The van der Waals surface area contributed by atoms with Gasteiger partial charge in [0.25, 0.3) is 0 Å². The fourth-order valence-corrected chi connectivity index (χ4v) is 12.5. The molecule has 0 fully saturated rings. The van der Waals surface area contributed by atoms with Crippen molar-refractivity contribution in [3.63, 3.8) is 0 Å². The van der Waals surface area contributed by atoms with Crippen molar-refractivity contribution in [1.82, 2.24) is 4.57 Å². The molecule has 2 aromatic heterocycles. The SMILES string of the molecule is c1ccc(C2(c3ccccc3)c3ccccc3-c3c(N(c4ccc(-c5ccc(-c6cccc7c6oc6ccccc67)cc5)cc4)c4ccc(-c5cccc(-n6c7ccccc7c7ccccc76)c5)cc4)cccc32)cc1. The molecule has 2 heterocycles. The van der Waals surface area contributed by atoms with Crippen molar-refractivity contribution < 1.29 is 4.42 Å². The summed E-state index contributed by atoms with van der Waals surface area (Å²) in [6.45, 7) is 0. The minimum absolute atomic E-state index is 0.534. The van der Waals surface area contributed by atoms with Crippen LogP contribution < -0.4 is 4.90 Å². The van der Waals surface area contributed by atoms with Crippen LogP contribution in [0.2, 0.25) is 0 Å². The van der Waals surface area contributed by atoms with E-state index >= 15 is 0 Å². The number of furan rings is 1. The standard InChI is InChI=1S/C73H48N2O/c1-3-19-54(20-4-1)73(55-21-5-2-6-22-55)65-30-11-7-27-64(65)71-66(73)31-17-34-69(71)74(56-44-40-50(41-45-56)49-36-38-52(39-37-49)59-28-16-29-63-62-26-10-14-35-70(62)76-72(59)63)57-46-42-51(43-47-57)53-18-15-23-58(48-53)75-67-32-12-8-24-60(67)61-25-9-13-33-68(61)75/h1-48H. The molecule has 0 amide bonds. The molecule has 0 N–H and O–H groups in total. The highest BCUT2D eigenvalue weighted by atomic mass is 16.3. The summed E-state index contributed by atoms with van der Waals surface area (Å²) in [6.07, 6.45) is 0. The predicted octanol–water partition coefficient (Wildman–Crippen LogP) is 19.5. The van der Waals surface area contributed by atoms with Crippen LogP contribution in [0.25, 0.3) is 93.9 Å². The van der Waals surface area contributed by atoms with Gasteiger partial charge in [0.05, 0.1) is 22.1 Å². The Morgan fingerprint density at radius 1 is 0.329 bits per heavy atom. The largest absolute Gasteiger partial charge is 0.455 e. The molecule has 15 rings (SSSR count). The first-order chi connectivity index (χ1) is 37.7. The van der Waals surface area contributed by atoms with Gasteiger partial charge in [-0.15, -0.1) is 0 Å². The number of hydrogen-bond acceptors (Lipinski definition) is 2. The Kier molecular flexibility index (Phi) is 10.1. The molecule has 0 spiro atoms. The molecular formula is C73H48N2O. The van der Waals surface area contributed by atoms with E-state index in [-0.39, 0.29) is 0 Å². The fraction of sp³-hybridized carbons (Fsp3) is 0.0137. The first-order valence-electron chi connectivity index (χ1n) is 26.2. The molecule has 0 saturated carbocycles. The van der Waals surface area contributed by atoms with E-state index in [4.69, 9.17) is 4.42 Å². The molecule has 0 atom stereocenters. The van der Waals surface area contributed by atoms with Crippen LogP contribution in [0.15, 0.2) is 296 Å². The summed E-state index contributed by atoms with van der Waals surface area (Å²) in [5.74, 6) is 0. The van der Waals surface area contributed by atoms with Crippen molar-refractivity contribution in [2.75, 3.05) is 4.90 Å². The van der Waals surface area contributed by atoms with Crippen LogP contribution in [0.3, 0.4) is 0 Å². The van der Waals surface area contributed by atoms with E-state index in [2.05, 4.69) is 289 Å². The van der Waals surface area contributed by atoms with E-state index < -0.39 is 5.41 Å². The average Bonchev–Trinajstić information content (AvgIpc) is 4.24. The monoisotopic (exact) mass is 968 g/mol. The Bertz CT molecular complexity index is 4400. The first kappa shape index (κ1) is 43.6. The molecule has 356 valence electrons. The topological polar surface area (TPSA) is 21.3 Å². The lowest BCUT2D eigenvalue weighted by Crippen LogP contribution is -2.28. The number of fused-ring (bicyclic) bond motifs is 9. The van der Waals surface area contributed by atoms with Crippen LogP contribution in [0.5, 0.6) is 0 Å². The van der Waals surface area contributed by atoms with Crippen molar-refractivity contribution in [2.45, 2.75) is 5.41 Å². The van der Waals surface area contributed by atoms with Crippen molar-refractivity contribution in [3.05, 3.63) is 313 Å². The van der Waals surface area contributed by atoms with Gasteiger partial charge in [0.15, 0.2) is 0 Å². The second-order valence-electron chi connectivity index (χ2n) is 19.9. The zero-order chi connectivity index (χ0) is 50.2. The minimum atomic E-state index is -0.534. The van der Waals surface area contributed by atoms with Crippen LogP contribution >= 0.6 is 0 Å². The number of aromatic nitrogens is 1. The third kappa shape index (κ3) is 6.76. The van der Waals surface area contributed by atoms with Gasteiger partial charge in [0.2, 0.25) is 0 Å². The van der Waals surface area contributed by atoms with E-state index in [1.54, 1.807) is 0 Å². The molecule has 1 aliphatic carbocycles. The Balaban J connectivity index is 0.859. The summed E-state index contributed by atoms with van der Waals surface area (Å²) in [7, 11) is 0. The molecule has 76 heavy (non-hydrogen) atoms. The molecule has 14 aromatic rings. The van der Waals surface area contributed by atoms with E-state index in [1.165, 1.54) is 55.2 Å². The molecule has 12 aromatic carbocycles. The lowest BCUT2D eigenvalue weighted by molar-refractivity contribution is 0.670. The van der Waals surface area contributed by atoms with Crippen molar-refractivity contribution in [1.29, 1.82) is 0 Å². The van der Waals surface area contributed by atoms with Crippen LogP contribution in [0.1, 0.15) is 22.3 Å². The van der Waals surface area contributed by atoms with E-state index in [0.717, 1.165) is 78.1 Å². The first-order valence-corrected chi connectivity index (χ1v) is 26.2. The summed E-state index contributed by atoms with van der Waals surface area (Å²) in [4.78, 5) is 2.46. The highest BCUT2D eigenvalue weighted by Gasteiger charge is 2.47. The average molecular weight is 969 g/mol. The number of rotatable bonds is 9. The summed E-state index contributed by atoms with van der Waals surface area (Å²) < 4.78 is 8.83. The minimum Gasteiger partial charge on any atom is -0.455 e. The highest BCUT2D eigenvalue weighted by molar-refractivity contribution is 6.10. The molecule has 1 aliphatic rings. The summed E-state index contributed by atoms with van der Waals surface area (Å²) in [5, 5.41) is 4.78. The second kappa shape index (κ2) is 17.6. The molecule has 0 radical (unpaired) electrons. The molecule has 0 saturated heterocycles. The Morgan fingerprint density at radius 3 is 1.49 bits per heavy atom. The normalized spacial score (nSPS) is 12.6. The van der Waals surface area contributed by atoms with E-state index in [9.17, 15) is 0 Å². The summed E-state index contributed by atoms with van der Waals surface area (Å²) in [5.41, 5.74) is 22.4. The molecule has 3 heteroatoms. The fourth-order valence-electron chi connectivity index (χ4n) is 12.5. The maximum absolute atomic E-state index is 6.43. The van der Waals surface area contributed by atoms with Crippen LogP contribution in [-0.4, -0.2) is 4.57 Å². The lowest BCUT2D eigenvalue weighted by atomic mass is 9.68. The van der Waals surface area contributed by atoms with Crippen LogP contribution in [0, 0.1) is 0 Å². The van der Waals surface area contributed by atoms with Gasteiger partial charge >= 0.3 is 0 Å². The van der Waals surface area contributed by atoms with Crippen molar-refractivity contribution >= 4 is 60.8 Å². The van der Waals surface area contributed by atoms with Gasteiger partial charge in [-0.05, 0) is 116 Å². The van der Waals surface area contributed by atoms with Crippen LogP contribution in [-0.2, 0) is 5.41 Å². The van der Waals surface area contributed by atoms with Gasteiger partial charge in [-0.2, -0.15) is 0 Å². The Hall–Kier alpha value is -9.96. The zero-order valence-corrected chi connectivity index (χ0v) is 41.5. The van der Waals surface area contributed by atoms with Gasteiger partial charge in [0.1, 0.15) is 11.2 Å². The van der Waals surface area contributed by atoms with Gasteiger partial charge in [0, 0.05) is 49.7 Å². The van der Waals surface area contributed by atoms with Gasteiger partial charge in [-0.1, -0.05) is 231 Å². The van der Waals surface area contributed by atoms with Gasteiger partial charge in [-0.25, -0.2) is 0 Å². The number of para-hydroxylation sites is 4. The molecule has 0 unspecified atom stereocenters. The number of benzene rings is 12. The molecular weight excluding hydrogens is 921 g/mol. The number of hydrogen-bond donors (Lipinski definition) is 0.